The molecule has 5 nitrogen and oxygen atoms in total. The van der Waals surface area contributed by atoms with Crippen molar-refractivity contribution < 1.29 is 14.7 Å². The molecule has 1 amide bonds. The number of benzene rings is 1. The van der Waals surface area contributed by atoms with Crippen LogP contribution >= 0.6 is 0 Å². The summed E-state index contributed by atoms with van der Waals surface area (Å²) in [6.07, 6.45) is 1.44. The van der Waals surface area contributed by atoms with E-state index >= 15 is 0 Å². The van der Waals surface area contributed by atoms with Gasteiger partial charge in [0.1, 0.15) is 6.54 Å². The van der Waals surface area contributed by atoms with E-state index in [0.717, 1.165) is 24.2 Å². The summed E-state index contributed by atoms with van der Waals surface area (Å²) < 4.78 is 0. The Labute approximate surface area is 125 Å². The molecule has 0 saturated carbocycles. The highest BCUT2D eigenvalue weighted by Crippen LogP contribution is 2.33. The Bertz CT molecular complexity index is 530. The number of rotatable bonds is 5. The Morgan fingerprint density at radius 2 is 2.14 bits per heavy atom. The predicted molar refractivity (Wildman–Crippen MR) is 81.4 cm³/mol. The van der Waals surface area contributed by atoms with E-state index in [9.17, 15) is 9.59 Å². The summed E-state index contributed by atoms with van der Waals surface area (Å²) in [5.74, 6) is -1.30. The minimum Gasteiger partial charge on any atom is -0.480 e. The Morgan fingerprint density at radius 1 is 1.43 bits per heavy atom. The maximum absolute atomic E-state index is 12.8. The molecule has 1 aliphatic rings. The molecular formula is C16H22N2O3. The normalized spacial score (nSPS) is 18.3. The number of fused-ring (bicyclic) bond motifs is 1. The van der Waals surface area contributed by atoms with Crippen LogP contribution in [0.4, 0.5) is 5.69 Å². The fraction of sp³-hybridized carbons (Fsp3) is 0.500. The van der Waals surface area contributed by atoms with Crippen LogP contribution in [0.2, 0.25) is 0 Å². The van der Waals surface area contributed by atoms with E-state index in [1.807, 2.05) is 38.1 Å². The molecule has 2 unspecified atom stereocenters. The van der Waals surface area contributed by atoms with Crippen molar-refractivity contribution in [2.24, 2.45) is 0 Å². The van der Waals surface area contributed by atoms with Crippen molar-refractivity contribution in [1.29, 1.82) is 0 Å². The molecule has 2 atom stereocenters. The van der Waals surface area contributed by atoms with Crippen molar-refractivity contribution in [3.8, 4) is 0 Å². The minimum atomic E-state index is -0.967. The molecular weight excluding hydrogens is 268 g/mol. The predicted octanol–water partition coefficient (Wildman–Crippen LogP) is 2.30. The van der Waals surface area contributed by atoms with E-state index in [4.69, 9.17) is 5.11 Å². The van der Waals surface area contributed by atoms with Crippen LogP contribution in [0.3, 0.4) is 0 Å². The zero-order valence-electron chi connectivity index (χ0n) is 12.5. The Hall–Kier alpha value is -2.04. The highest BCUT2D eigenvalue weighted by molar-refractivity contribution is 5.89. The SMILES string of the molecule is CCC(C)N(CC(=O)O)C(=O)C1CCNc2ccccc21. The molecule has 1 aromatic carbocycles. The molecule has 1 aromatic rings. The second-order valence-corrected chi connectivity index (χ2v) is 5.47. The molecule has 2 N–H and O–H groups in total. The van der Waals surface area contributed by atoms with E-state index in [1.54, 1.807) is 0 Å². The fourth-order valence-corrected chi connectivity index (χ4v) is 2.74. The lowest BCUT2D eigenvalue weighted by molar-refractivity contribution is -0.146. The van der Waals surface area contributed by atoms with Crippen molar-refractivity contribution in [3.05, 3.63) is 29.8 Å². The number of hydrogen-bond donors (Lipinski definition) is 2. The lowest BCUT2D eigenvalue weighted by Crippen LogP contribution is -2.45. The lowest BCUT2D eigenvalue weighted by Gasteiger charge is -2.33. The lowest BCUT2D eigenvalue weighted by atomic mass is 9.89. The van der Waals surface area contributed by atoms with Crippen LogP contribution in [0, 0.1) is 0 Å². The number of nitrogens with zero attached hydrogens (tertiary/aromatic N) is 1. The van der Waals surface area contributed by atoms with Crippen molar-refractivity contribution in [1.82, 2.24) is 4.90 Å². The minimum absolute atomic E-state index is 0.0735. The number of para-hydroxylation sites is 1. The number of carbonyl (C=O) groups excluding carboxylic acids is 1. The molecule has 2 rings (SSSR count). The van der Waals surface area contributed by atoms with Gasteiger partial charge in [-0.2, -0.15) is 0 Å². The van der Waals surface area contributed by atoms with E-state index in [1.165, 1.54) is 4.90 Å². The van der Waals surface area contributed by atoms with Crippen molar-refractivity contribution in [2.75, 3.05) is 18.4 Å². The largest absolute Gasteiger partial charge is 0.480 e. The second-order valence-electron chi connectivity index (χ2n) is 5.47. The molecule has 0 bridgehead atoms. The third-order valence-corrected chi connectivity index (χ3v) is 4.09. The van der Waals surface area contributed by atoms with E-state index in [2.05, 4.69) is 5.32 Å². The average molecular weight is 290 g/mol. The Kier molecular flexibility index (Phi) is 4.83. The first kappa shape index (κ1) is 15.4. The van der Waals surface area contributed by atoms with Gasteiger partial charge in [0, 0.05) is 18.3 Å². The summed E-state index contributed by atoms with van der Waals surface area (Å²) in [5.41, 5.74) is 1.94. The van der Waals surface area contributed by atoms with Crippen LogP contribution in [-0.4, -0.2) is 41.0 Å². The standard InChI is InChI=1S/C16H22N2O3/c1-3-11(2)18(10-15(19)20)16(21)13-8-9-17-14-7-5-4-6-12(13)14/h4-7,11,13,17H,3,8-10H2,1-2H3,(H,19,20). The average Bonchev–Trinajstić information content (AvgIpc) is 2.50. The number of carboxylic acid groups (broad SMARTS) is 1. The quantitative estimate of drug-likeness (QED) is 0.873. The second kappa shape index (κ2) is 6.61. The Balaban J connectivity index is 2.27. The van der Waals surface area contributed by atoms with Gasteiger partial charge in [-0.3, -0.25) is 9.59 Å². The summed E-state index contributed by atoms with van der Waals surface area (Å²) in [4.78, 5) is 25.4. The number of nitrogens with one attached hydrogen (secondary N) is 1. The van der Waals surface area contributed by atoms with Gasteiger partial charge < -0.3 is 15.3 Å². The van der Waals surface area contributed by atoms with Gasteiger partial charge in [-0.25, -0.2) is 0 Å². The van der Waals surface area contributed by atoms with Gasteiger partial charge in [0.25, 0.3) is 0 Å². The first-order valence-corrected chi connectivity index (χ1v) is 7.39. The molecule has 5 heteroatoms. The molecule has 0 saturated heterocycles. The van der Waals surface area contributed by atoms with Crippen molar-refractivity contribution in [2.45, 2.75) is 38.6 Å². The van der Waals surface area contributed by atoms with Crippen LogP contribution in [0.1, 0.15) is 38.2 Å². The number of amides is 1. The number of carboxylic acids is 1. The molecule has 0 radical (unpaired) electrons. The van der Waals surface area contributed by atoms with Gasteiger partial charge in [-0.05, 0) is 31.4 Å². The molecule has 114 valence electrons. The number of anilines is 1. The van der Waals surface area contributed by atoms with Crippen LogP contribution in [0.5, 0.6) is 0 Å². The number of hydrogen-bond acceptors (Lipinski definition) is 3. The van der Waals surface area contributed by atoms with Gasteiger partial charge in [-0.1, -0.05) is 25.1 Å². The molecule has 1 aliphatic heterocycles. The fourth-order valence-electron chi connectivity index (χ4n) is 2.74. The summed E-state index contributed by atoms with van der Waals surface area (Å²) in [6, 6.07) is 7.67. The van der Waals surface area contributed by atoms with Gasteiger partial charge in [-0.15, -0.1) is 0 Å². The zero-order chi connectivity index (χ0) is 15.4. The van der Waals surface area contributed by atoms with Gasteiger partial charge in [0.2, 0.25) is 5.91 Å². The molecule has 1 heterocycles. The Morgan fingerprint density at radius 3 is 2.81 bits per heavy atom. The van der Waals surface area contributed by atoms with Crippen LogP contribution in [-0.2, 0) is 9.59 Å². The van der Waals surface area contributed by atoms with Gasteiger partial charge in [0.15, 0.2) is 0 Å². The third kappa shape index (κ3) is 3.35. The van der Waals surface area contributed by atoms with Gasteiger partial charge in [0.05, 0.1) is 5.92 Å². The van der Waals surface area contributed by atoms with Crippen molar-refractivity contribution in [3.63, 3.8) is 0 Å². The van der Waals surface area contributed by atoms with Crippen molar-refractivity contribution >= 4 is 17.6 Å². The highest BCUT2D eigenvalue weighted by atomic mass is 16.4. The first-order valence-electron chi connectivity index (χ1n) is 7.39. The molecule has 0 spiro atoms. The van der Waals surface area contributed by atoms with Crippen LogP contribution in [0.15, 0.2) is 24.3 Å². The maximum Gasteiger partial charge on any atom is 0.323 e. The molecule has 0 aromatic heterocycles. The van der Waals surface area contributed by atoms with E-state index in [-0.39, 0.29) is 24.4 Å². The summed E-state index contributed by atoms with van der Waals surface area (Å²) in [6.45, 7) is 4.35. The van der Waals surface area contributed by atoms with Gasteiger partial charge >= 0.3 is 5.97 Å². The van der Waals surface area contributed by atoms with E-state index in [0.29, 0.717) is 6.42 Å². The smallest absolute Gasteiger partial charge is 0.323 e. The topological polar surface area (TPSA) is 69.6 Å². The number of carbonyl (C=O) groups is 2. The summed E-state index contributed by atoms with van der Waals surface area (Å²) in [5, 5.41) is 12.3. The monoisotopic (exact) mass is 290 g/mol. The maximum atomic E-state index is 12.8. The van der Waals surface area contributed by atoms with Crippen LogP contribution < -0.4 is 5.32 Å². The summed E-state index contributed by atoms with van der Waals surface area (Å²) >= 11 is 0. The molecule has 21 heavy (non-hydrogen) atoms. The first-order chi connectivity index (χ1) is 10.0. The number of aliphatic carboxylic acids is 1. The van der Waals surface area contributed by atoms with Crippen LogP contribution in [0.25, 0.3) is 0 Å². The zero-order valence-corrected chi connectivity index (χ0v) is 12.5. The summed E-state index contributed by atoms with van der Waals surface area (Å²) in [7, 11) is 0. The highest BCUT2D eigenvalue weighted by Gasteiger charge is 2.32. The van der Waals surface area contributed by atoms with E-state index < -0.39 is 5.97 Å². The molecule has 0 fully saturated rings. The molecule has 0 aliphatic carbocycles. The third-order valence-electron chi connectivity index (χ3n) is 4.09.